The summed E-state index contributed by atoms with van der Waals surface area (Å²) in [6, 6.07) is 9.28. The molecular weight excluding hydrogens is 434 g/mol. The van der Waals surface area contributed by atoms with Crippen LogP contribution in [0.5, 0.6) is 17.2 Å². The van der Waals surface area contributed by atoms with E-state index >= 15 is 0 Å². The summed E-state index contributed by atoms with van der Waals surface area (Å²) >= 11 is 0. The van der Waals surface area contributed by atoms with E-state index < -0.39 is 0 Å². The number of nitriles is 1. The first-order valence-electron chi connectivity index (χ1n) is 11.2. The Bertz CT molecular complexity index is 1340. The van der Waals surface area contributed by atoms with Gasteiger partial charge < -0.3 is 23.9 Å². The highest BCUT2D eigenvalue weighted by atomic mass is 16.5. The Hall–Kier alpha value is -3.87. The molecule has 5 rings (SSSR count). The van der Waals surface area contributed by atoms with Crippen molar-refractivity contribution in [2.24, 2.45) is 0 Å². The molecule has 9 heteroatoms. The van der Waals surface area contributed by atoms with E-state index in [1.807, 2.05) is 24.4 Å². The maximum Gasteiger partial charge on any atom is 0.292 e. The van der Waals surface area contributed by atoms with Gasteiger partial charge in [0.2, 0.25) is 0 Å². The number of rotatable bonds is 8. The Morgan fingerprint density at radius 3 is 2.82 bits per heavy atom. The molecule has 0 aliphatic carbocycles. The number of hydrogen-bond acceptors (Lipinski definition) is 8. The predicted octanol–water partition coefficient (Wildman–Crippen LogP) is 3.75. The van der Waals surface area contributed by atoms with Crippen molar-refractivity contribution in [3.63, 3.8) is 0 Å². The quantitative estimate of drug-likeness (QED) is 0.314. The lowest BCUT2D eigenvalue weighted by atomic mass is 10.0. The van der Waals surface area contributed by atoms with E-state index in [1.54, 1.807) is 31.8 Å². The summed E-state index contributed by atoms with van der Waals surface area (Å²) in [7, 11) is 1.63. The van der Waals surface area contributed by atoms with Crippen LogP contribution in [-0.2, 0) is 4.74 Å². The molecule has 4 aromatic rings. The van der Waals surface area contributed by atoms with E-state index in [0.29, 0.717) is 23.9 Å². The van der Waals surface area contributed by atoms with Crippen LogP contribution in [0.1, 0.15) is 6.42 Å². The van der Waals surface area contributed by atoms with Gasteiger partial charge in [0, 0.05) is 59.8 Å². The molecule has 2 aromatic heterocycles. The molecule has 174 valence electrons. The molecule has 2 aromatic carbocycles. The fourth-order valence-electron chi connectivity index (χ4n) is 4.26. The fraction of sp³-hybridized carbons (Fsp3) is 0.320. The number of nitrogens with one attached hydrogen (secondary N) is 1. The first kappa shape index (κ1) is 21.9. The number of methoxy groups -OCH3 is 1. The molecule has 0 radical (unpaired) electrons. The minimum atomic E-state index is 0.480. The largest absolute Gasteiger partial charge is 0.493 e. The summed E-state index contributed by atoms with van der Waals surface area (Å²) in [5, 5.41) is 10.6. The highest BCUT2D eigenvalue weighted by Crippen LogP contribution is 2.38. The van der Waals surface area contributed by atoms with Crippen molar-refractivity contribution in [3.8, 4) is 34.8 Å². The second kappa shape index (κ2) is 9.95. The van der Waals surface area contributed by atoms with Crippen molar-refractivity contribution in [3.05, 3.63) is 42.9 Å². The second-order valence-electron chi connectivity index (χ2n) is 8.00. The van der Waals surface area contributed by atoms with E-state index in [9.17, 15) is 0 Å². The van der Waals surface area contributed by atoms with E-state index in [1.165, 1.54) is 0 Å². The summed E-state index contributed by atoms with van der Waals surface area (Å²) in [5.74, 6) is 1.78. The van der Waals surface area contributed by atoms with Gasteiger partial charge in [0.25, 0.3) is 6.26 Å². The third kappa shape index (κ3) is 4.46. The Labute approximate surface area is 196 Å². The van der Waals surface area contributed by atoms with Crippen LogP contribution in [0.15, 0.2) is 42.9 Å². The van der Waals surface area contributed by atoms with Crippen molar-refractivity contribution in [2.45, 2.75) is 6.42 Å². The topological polar surface area (TPSA) is 106 Å². The molecule has 1 aliphatic rings. The maximum absolute atomic E-state index is 8.76. The number of aromatic amines is 1. The van der Waals surface area contributed by atoms with Gasteiger partial charge in [-0.15, -0.1) is 5.26 Å². The average molecular weight is 460 g/mol. The van der Waals surface area contributed by atoms with E-state index in [4.69, 9.17) is 24.2 Å². The molecule has 1 fully saturated rings. The summed E-state index contributed by atoms with van der Waals surface area (Å²) in [5.41, 5.74) is 3.32. The molecule has 34 heavy (non-hydrogen) atoms. The number of fused-ring (bicyclic) bond motifs is 2. The van der Waals surface area contributed by atoms with Crippen LogP contribution in [0, 0.1) is 11.5 Å². The van der Waals surface area contributed by atoms with Crippen LogP contribution in [0.2, 0.25) is 0 Å². The average Bonchev–Trinajstić information content (AvgIpc) is 3.29. The monoisotopic (exact) mass is 459 g/mol. The zero-order chi connectivity index (χ0) is 23.3. The second-order valence-corrected chi connectivity index (χ2v) is 8.00. The van der Waals surface area contributed by atoms with Crippen LogP contribution >= 0.6 is 0 Å². The number of ether oxygens (including phenoxy) is 4. The molecule has 1 aliphatic heterocycles. The van der Waals surface area contributed by atoms with Gasteiger partial charge in [0.05, 0.1) is 38.1 Å². The molecule has 0 atom stereocenters. The van der Waals surface area contributed by atoms with Crippen molar-refractivity contribution >= 4 is 21.8 Å². The Morgan fingerprint density at radius 1 is 1.12 bits per heavy atom. The molecule has 1 saturated heterocycles. The minimum Gasteiger partial charge on any atom is -0.493 e. The van der Waals surface area contributed by atoms with Gasteiger partial charge >= 0.3 is 0 Å². The molecule has 3 heterocycles. The molecule has 0 spiro atoms. The SMILES string of the molecule is COc1cc2c(-c3c[nH]c4cc(OC#N)ccc34)ncnc2cc1OCCCN1CCOCC1. The number of nitrogens with zero attached hydrogens (tertiary/aromatic N) is 4. The lowest BCUT2D eigenvalue weighted by Gasteiger charge is -2.26. The molecule has 0 saturated carbocycles. The summed E-state index contributed by atoms with van der Waals surface area (Å²) in [4.78, 5) is 14.7. The van der Waals surface area contributed by atoms with Crippen LogP contribution in [0.4, 0.5) is 0 Å². The maximum atomic E-state index is 8.76. The predicted molar refractivity (Wildman–Crippen MR) is 127 cm³/mol. The zero-order valence-corrected chi connectivity index (χ0v) is 18.9. The number of morpholine rings is 1. The van der Waals surface area contributed by atoms with Crippen molar-refractivity contribution in [1.29, 1.82) is 5.26 Å². The van der Waals surface area contributed by atoms with E-state index in [2.05, 4.69) is 19.9 Å². The molecule has 0 unspecified atom stereocenters. The Morgan fingerprint density at radius 2 is 2.00 bits per heavy atom. The molecule has 0 amide bonds. The van der Waals surface area contributed by atoms with Gasteiger partial charge in [0.15, 0.2) is 11.5 Å². The highest BCUT2D eigenvalue weighted by molar-refractivity contribution is 6.03. The third-order valence-corrected chi connectivity index (χ3v) is 5.97. The van der Waals surface area contributed by atoms with E-state index in [-0.39, 0.29) is 0 Å². The molecule has 9 nitrogen and oxygen atoms in total. The lowest BCUT2D eigenvalue weighted by molar-refractivity contribution is 0.0357. The summed E-state index contributed by atoms with van der Waals surface area (Å²) < 4.78 is 22.1. The van der Waals surface area contributed by atoms with E-state index in [0.717, 1.165) is 72.3 Å². The van der Waals surface area contributed by atoms with Gasteiger partial charge in [-0.05, 0) is 24.6 Å². The van der Waals surface area contributed by atoms with Gasteiger partial charge in [0.1, 0.15) is 12.1 Å². The van der Waals surface area contributed by atoms with Crippen LogP contribution in [0.25, 0.3) is 33.1 Å². The normalized spacial score (nSPS) is 14.2. The summed E-state index contributed by atoms with van der Waals surface area (Å²) in [6.07, 6.45) is 6.06. The van der Waals surface area contributed by atoms with Crippen molar-refractivity contribution < 1.29 is 18.9 Å². The lowest BCUT2D eigenvalue weighted by Crippen LogP contribution is -2.37. The number of aromatic nitrogens is 3. The standard InChI is InChI=1S/C25H25N5O4/c1-31-23-12-19-22(13-24(23)33-8-2-5-30-6-9-32-10-7-30)28-16-29-25(19)20-14-27-21-11-17(34-15-26)3-4-18(20)21/h3-4,11-14,16,27H,2,5-10H2,1H3. The zero-order valence-electron chi connectivity index (χ0n) is 18.9. The van der Waals surface area contributed by atoms with Crippen LogP contribution in [0.3, 0.4) is 0 Å². The highest BCUT2D eigenvalue weighted by Gasteiger charge is 2.16. The molecular formula is C25H25N5O4. The fourth-order valence-corrected chi connectivity index (χ4v) is 4.26. The van der Waals surface area contributed by atoms with Crippen molar-refractivity contribution in [1.82, 2.24) is 19.9 Å². The van der Waals surface area contributed by atoms with Gasteiger partial charge in [-0.2, -0.15) is 0 Å². The third-order valence-electron chi connectivity index (χ3n) is 5.97. The van der Waals surface area contributed by atoms with Crippen LogP contribution < -0.4 is 14.2 Å². The minimum absolute atomic E-state index is 0.480. The Kier molecular flexibility index (Phi) is 6.42. The molecule has 1 N–H and O–H groups in total. The van der Waals surface area contributed by atoms with Crippen LogP contribution in [-0.4, -0.2) is 66.4 Å². The first-order valence-corrected chi connectivity index (χ1v) is 11.2. The van der Waals surface area contributed by atoms with Gasteiger partial charge in [-0.25, -0.2) is 9.97 Å². The molecule has 0 bridgehead atoms. The summed E-state index contributed by atoms with van der Waals surface area (Å²) in [6.45, 7) is 5.11. The number of benzene rings is 2. The van der Waals surface area contributed by atoms with Crippen molar-refractivity contribution in [2.75, 3.05) is 46.6 Å². The van der Waals surface area contributed by atoms with Gasteiger partial charge in [-0.3, -0.25) is 4.90 Å². The van der Waals surface area contributed by atoms with Gasteiger partial charge in [-0.1, -0.05) is 0 Å². The first-order chi connectivity index (χ1) is 16.8. The number of hydrogen-bond donors (Lipinski definition) is 1. The smallest absolute Gasteiger partial charge is 0.292 e. The Balaban J connectivity index is 1.40. The number of H-pyrrole nitrogens is 1.